The second-order valence-corrected chi connectivity index (χ2v) is 6.16. The van der Waals surface area contributed by atoms with Gasteiger partial charge in [-0.25, -0.2) is 0 Å². The molecule has 0 radical (unpaired) electrons. The van der Waals surface area contributed by atoms with Gasteiger partial charge in [0.15, 0.2) is 0 Å². The van der Waals surface area contributed by atoms with Gasteiger partial charge in [-0.3, -0.25) is 4.79 Å². The lowest BCUT2D eigenvalue weighted by molar-refractivity contribution is -0.132. The number of nitrogens with zero attached hydrogens (tertiary/aromatic N) is 3. The summed E-state index contributed by atoms with van der Waals surface area (Å²) in [5.74, 6) is 1.96. The van der Waals surface area contributed by atoms with Gasteiger partial charge in [0, 0.05) is 44.1 Å². The smallest absolute Gasteiger partial charge is 0.227 e. The molecule has 1 saturated heterocycles. The molecule has 1 fully saturated rings. The average Bonchev–Trinajstić information content (AvgIpc) is 3.09. The highest BCUT2D eigenvalue weighted by Crippen LogP contribution is 2.20. The summed E-state index contributed by atoms with van der Waals surface area (Å²) in [7, 11) is 0. The molecule has 1 aromatic carbocycles. The number of benzene rings is 1. The van der Waals surface area contributed by atoms with Crippen LogP contribution in [0.2, 0.25) is 0 Å². The number of aromatic nitrogens is 2. The maximum atomic E-state index is 12.3. The van der Waals surface area contributed by atoms with E-state index in [2.05, 4.69) is 22.4 Å². The number of rotatable bonds is 6. The summed E-state index contributed by atoms with van der Waals surface area (Å²) in [5, 5.41) is 7.33. The number of nitrogens with one attached hydrogen (secondary N) is 1. The number of hydrogen-bond acceptors (Lipinski definition) is 6. The largest absolute Gasteiger partial charge is 0.494 e. The van der Waals surface area contributed by atoms with E-state index in [-0.39, 0.29) is 5.91 Å². The minimum absolute atomic E-state index is 0.133. The Morgan fingerprint density at radius 1 is 1.40 bits per heavy atom. The second-order valence-electron chi connectivity index (χ2n) is 6.16. The summed E-state index contributed by atoms with van der Waals surface area (Å²) < 4.78 is 10.7. The van der Waals surface area contributed by atoms with Gasteiger partial charge in [-0.05, 0) is 38.1 Å². The molecule has 1 amide bonds. The Bertz CT molecular complexity index is 699. The third kappa shape index (κ3) is 4.57. The Labute approximate surface area is 147 Å². The maximum absolute atomic E-state index is 12.3. The number of hydrogen-bond donors (Lipinski definition) is 1. The molecule has 1 aliphatic rings. The first-order chi connectivity index (χ1) is 12.2. The average molecular weight is 344 g/mol. The fourth-order valence-corrected chi connectivity index (χ4v) is 2.87. The van der Waals surface area contributed by atoms with Gasteiger partial charge in [-0.1, -0.05) is 5.16 Å². The topological polar surface area (TPSA) is 80.5 Å². The molecule has 7 nitrogen and oxygen atoms in total. The highest BCUT2D eigenvalue weighted by molar-refractivity contribution is 5.76. The number of aryl methyl sites for hydroxylation is 1. The van der Waals surface area contributed by atoms with Crippen LogP contribution in [0.3, 0.4) is 0 Å². The zero-order valence-corrected chi connectivity index (χ0v) is 14.7. The van der Waals surface area contributed by atoms with E-state index in [0.29, 0.717) is 37.2 Å². The first-order valence-corrected chi connectivity index (χ1v) is 8.72. The fraction of sp³-hybridized carbons (Fsp3) is 0.500. The third-order valence-corrected chi connectivity index (χ3v) is 4.17. The third-order valence-electron chi connectivity index (χ3n) is 4.17. The van der Waals surface area contributed by atoms with Crippen LogP contribution in [0.25, 0.3) is 11.4 Å². The van der Waals surface area contributed by atoms with E-state index in [1.165, 1.54) is 0 Å². The zero-order chi connectivity index (χ0) is 17.6. The van der Waals surface area contributed by atoms with E-state index in [1.54, 1.807) is 0 Å². The lowest BCUT2D eigenvalue weighted by atomic mass is 10.2. The summed E-state index contributed by atoms with van der Waals surface area (Å²) >= 11 is 0. The van der Waals surface area contributed by atoms with Crippen LogP contribution in [-0.4, -0.2) is 53.2 Å². The monoisotopic (exact) mass is 344 g/mol. The predicted molar refractivity (Wildman–Crippen MR) is 93.3 cm³/mol. The summed E-state index contributed by atoms with van der Waals surface area (Å²) in [4.78, 5) is 18.6. The molecule has 0 spiro atoms. The Morgan fingerprint density at radius 3 is 2.92 bits per heavy atom. The van der Waals surface area contributed by atoms with Crippen LogP contribution in [-0.2, 0) is 11.2 Å². The van der Waals surface area contributed by atoms with E-state index in [1.807, 2.05) is 36.1 Å². The van der Waals surface area contributed by atoms with Crippen LogP contribution in [0.1, 0.15) is 26.2 Å². The molecule has 7 heteroatoms. The first kappa shape index (κ1) is 17.4. The Morgan fingerprint density at radius 2 is 2.20 bits per heavy atom. The van der Waals surface area contributed by atoms with E-state index in [9.17, 15) is 4.79 Å². The van der Waals surface area contributed by atoms with Crippen LogP contribution < -0.4 is 10.1 Å². The Balaban J connectivity index is 1.55. The molecule has 2 heterocycles. The number of carbonyl (C=O) groups excluding carboxylic acids is 1. The van der Waals surface area contributed by atoms with Gasteiger partial charge >= 0.3 is 0 Å². The van der Waals surface area contributed by atoms with Gasteiger partial charge in [0.1, 0.15) is 5.75 Å². The molecule has 1 unspecified atom stereocenters. The van der Waals surface area contributed by atoms with Crippen LogP contribution in [0.5, 0.6) is 5.75 Å². The van der Waals surface area contributed by atoms with Crippen LogP contribution in [0.15, 0.2) is 28.8 Å². The summed E-state index contributed by atoms with van der Waals surface area (Å²) in [6, 6.07) is 7.89. The fourth-order valence-electron chi connectivity index (χ4n) is 2.87. The van der Waals surface area contributed by atoms with Gasteiger partial charge in [-0.15, -0.1) is 0 Å². The van der Waals surface area contributed by atoms with Gasteiger partial charge in [0.25, 0.3) is 0 Å². The SMILES string of the molecule is CCOc1ccc(-c2noc(CCC(=O)N3CCNC(C)C3)n2)cc1. The molecule has 1 N–H and O–H groups in total. The molecule has 1 atom stereocenters. The number of carbonyl (C=O) groups is 1. The van der Waals surface area contributed by atoms with E-state index in [0.717, 1.165) is 30.9 Å². The van der Waals surface area contributed by atoms with Crippen molar-refractivity contribution >= 4 is 5.91 Å². The van der Waals surface area contributed by atoms with Gasteiger partial charge < -0.3 is 19.5 Å². The van der Waals surface area contributed by atoms with Gasteiger partial charge in [0.2, 0.25) is 17.6 Å². The first-order valence-electron chi connectivity index (χ1n) is 8.72. The number of ether oxygens (including phenoxy) is 1. The molecule has 2 aromatic rings. The molecule has 0 aliphatic carbocycles. The minimum Gasteiger partial charge on any atom is -0.494 e. The lowest BCUT2D eigenvalue weighted by Crippen LogP contribution is -2.51. The van der Waals surface area contributed by atoms with Gasteiger partial charge in [-0.2, -0.15) is 4.98 Å². The van der Waals surface area contributed by atoms with Crippen LogP contribution in [0.4, 0.5) is 0 Å². The van der Waals surface area contributed by atoms with E-state index in [4.69, 9.17) is 9.26 Å². The van der Waals surface area contributed by atoms with Crippen molar-refractivity contribution in [2.24, 2.45) is 0 Å². The van der Waals surface area contributed by atoms with Crippen molar-refractivity contribution in [3.63, 3.8) is 0 Å². The molecule has 0 bridgehead atoms. The van der Waals surface area contributed by atoms with E-state index < -0.39 is 0 Å². The lowest BCUT2D eigenvalue weighted by Gasteiger charge is -2.31. The Kier molecular flexibility index (Phi) is 5.65. The van der Waals surface area contributed by atoms with Crippen molar-refractivity contribution < 1.29 is 14.1 Å². The van der Waals surface area contributed by atoms with Gasteiger partial charge in [0.05, 0.1) is 6.61 Å². The summed E-state index contributed by atoms with van der Waals surface area (Å²) in [6.07, 6.45) is 0.846. The second kappa shape index (κ2) is 8.11. The summed E-state index contributed by atoms with van der Waals surface area (Å²) in [6.45, 7) is 7.01. The van der Waals surface area contributed by atoms with Crippen molar-refractivity contribution in [3.8, 4) is 17.1 Å². The van der Waals surface area contributed by atoms with Crippen LogP contribution >= 0.6 is 0 Å². The molecule has 1 aliphatic heterocycles. The normalized spacial score (nSPS) is 17.5. The van der Waals surface area contributed by atoms with E-state index >= 15 is 0 Å². The molecule has 3 rings (SSSR count). The quantitative estimate of drug-likeness (QED) is 0.862. The molecular formula is C18H24N4O3. The molecule has 134 valence electrons. The molecule has 25 heavy (non-hydrogen) atoms. The highest BCUT2D eigenvalue weighted by Gasteiger charge is 2.21. The standard InChI is InChI=1S/C18H24N4O3/c1-3-24-15-6-4-14(5-7-15)18-20-16(25-21-18)8-9-17(23)22-11-10-19-13(2)12-22/h4-7,13,19H,3,8-12H2,1-2H3. The van der Waals surface area contributed by atoms with Crippen molar-refractivity contribution in [3.05, 3.63) is 30.2 Å². The highest BCUT2D eigenvalue weighted by atomic mass is 16.5. The van der Waals surface area contributed by atoms with Crippen molar-refractivity contribution in [1.29, 1.82) is 0 Å². The van der Waals surface area contributed by atoms with Crippen molar-refractivity contribution in [2.45, 2.75) is 32.7 Å². The molecule has 0 saturated carbocycles. The maximum Gasteiger partial charge on any atom is 0.227 e. The number of amides is 1. The minimum atomic E-state index is 0.133. The van der Waals surface area contributed by atoms with Crippen molar-refractivity contribution in [1.82, 2.24) is 20.4 Å². The predicted octanol–water partition coefficient (Wildman–Crippen LogP) is 1.89. The molecular weight excluding hydrogens is 320 g/mol. The van der Waals surface area contributed by atoms with Crippen molar-refractivity contribution in [2.75, 3.05) is 26.2 Å². The Hall–Kier alpha value is -2.41. The molecule has 1 aromatic heterocycles. The summed E-state index contributed by atoms with van der Waals surface area (Å²) in [5.41, 5.74) is 0.862. The zero-order valence-electron chi connectivity index (χ0n) is 14.7. The van der Waals surface area contributed by atoms with Crippen LogP contribution in [0, 0.1) is 0 Å². The number of piperazine rings is 1.